The van der Waals surface area contributed by atoms with Gasteiger partial charge in [-0.3, -0.25) is 0 Å². The number of carboxylic acid groups (broad SMARTS) is 1. The lowest BCUT2D eigenvalue weighted by Crippen LogP contribution is -2.04. The highest BCUT2D eigenvalue weighted by atomic mass is 16.5. The largest absolute Gasteiger partial charge is 0.485 e. The van der Waals surface area contributed by atoms with Gasteiger partial charge in [-0.05, 0) is 37.6 Å². The normalized spacial score (nSPS) is 12.3. The van der Waals surface area contributed by atoms with E-state index in [1.54, 1.807) is 6.08 Å². The molecule has 2 rings (SSSR count). The maximum Gasteiger partial charge on any atom is 0.328 e. The van der Waals surface area contributed by atoms with E-state index in [4.69, 9.17) is 9.84 Å². The highest BCUT2D eigenvalue weighted by Crippen LogP contribution is 2.27. The minimum atomic E-state index is -0.974. The van der Waals surface area contributed by atoms with Crippen LogP contribution < -0.4 is 4.74 Å². The summed E-state index contributed by atoms with van der Waals surface area (Å²) < 4.78 is 5.97. The summed E-state index contributed by atoms with van der Waals surface area (Å²) in [5, 5.41) is 8.77. The number of hydrogen-bond donors (Lipinski definition) is 1. The molecule has 0 saturated carbocycles. The third-order valence-electron chi connectivity index (χ3n) is 3.14. The number of carboxylic acids is 1. The van der Waals surface area contributed by atoms with Gasteiger partial charge in [-0.25, -0.2) is 4.79 Å². The molecule has 0 bridgehead atoms. The lowest BCUT2D eigenvalue weighted by molar-refractivity contribution is -0.131. The summed E-state index contributed by atoms with van der Waals surface area (Å²) in [6, 6.07) is 15.6. The first-order valence-corrected chi connectivity index (χ1v) is 6.79. The predicted octanol–water partition coefficient (Wildman–Crippen LogP) is 4.23. The van der Waals surface area contributed by atoms with Gasteiger partial charge in [0.2, 0.25) is 0 Å². The van der Waals surface area contributed by atoms with Gasteiger partial charge in [-0.15, -0.1) is 0 Å². The van der Waals surface area contributed by atoms with Crippen LogP contribution in [-0.4, -0.2) is 11.1 Å². The molecule has 0 aliphatic heterocycles. The molecule has 1 N–H and O–H groups in total. The number of ether oxygens (including phenoxy) is 1. The molecule has 0 spiro atoms. The van der Waals surface area contributed by atoms with Crippen LogP contribution in [0.25, 0.3) is 6.08 Å². The molecule has 21 heavy (non-hydrogen) atoms. The van der Waals surface area contributed by atoms with E-state index in [9.17, 15) is 4.79 Å². The zero-order chi connectivity index (χ0) is 15.2. The van der Waals surface area contributed by atoms with Crippen molar-refractivity contribution in [3.05, 3.63) is 71.3 Å². The van der Waals surface area contributed by atoms with Crippen molar-refractivity contribution in [2.24, 2.45) is 0 Å². The first-order chi connectivity index (χ1) is 10.1. The summed E-state index contributed by atoms with van der Waals surface area (Å²) in [6.07, 6.45) is 2.57. The second kappa shape index (κ2) is 6.75. The third kappa shape index (κ3) is 4.21. The van der Waals surface area contributed by atoms with E-state index in [0.29, 0.717) is 5.75 Å². The fourth-order valence-corrected chi connectivity index (χ4v) is 2.05. The zero-order valence-electron chi connectivity index (χ0n) is 12.1. The molecule has 0 saturated heterocycles. The second-order valence-electron chi connectivity index (χ2n) is 4.88. The molecule has 1 unspecified atom stereocenters. The van der Waals surface area contributed by atoms with Crippen LogP contribution in [0.5, 0.6) is 5.75 Å². The fraction of sp³-hybridized carbons (Fsp3) is 0.167. The van der Waals surface area contributed by atoms with Crippen molar-refractivity contribution in [2.75, 3.05) is 0 Å². The number of hydrogen-bond acceptors (Lipinski definition) is 2. The quantitative estimate of drug-likeness (QED) is 0.835. The molecular formula is C18H18O3. The Morgan fingerprint density at radius 1 is 1.19 bits per heavy atom. The average molecular weight is 282 g/mol. The first-order valence-electron chi connectivity index (χ1n) is 6.79. The number of aryl methyl sites for hydroxylation is 1. The van der Waals surface area contributed by atoms with Crippen LogP contribution in [0.4, 0.5) is 0 Å². The summed E-state index contributed by atoms with van der Waals surface area (Å²) >= 11 is 0. The Kier molecular flexibility index (Phi) is 4.77. The van der Waals surface area contributed by atoms with Gasteiger partial charge in [-0.2, -0.15) is 0 Å². The van der Waals surface area contributed by atoms with Gasteiger partial charge < -0.3 is 9.84 Å². The molecule has 2 aromatic carbocycles. The molecule has 0 amide bonds. The summed E-state index contributed by atoms with van der Waals surface area (Å²) in [5.41, 5.74) is 2.89. The van der Waals surface area contributed by atoms with Crippen LogP contribution >= 0.6 is 0 Å². The van der Waals surface area contributed by atoms with Crippen molar-refractivity contribution in [1.82, 2.24) is 0 Å². The number of aliphatic carboxylic acids is 1. The van der Waals surface area contributed by atoms with Crippen molar-refractivity contribution in [3.63, 3.8) is 0 Å². The molecule has 3 nitrogen and oxygen atoms in total. The van der Waals surface area contributed by atoms with Crippen LogP contribution in [-0.2, 0) is 4.79 Å². The Morgan fingerprint density at radius 2 is 1.90 bits per heavy atom. The average Bonchev–Trinajstić information content (AvgIpc) is 2.48. The van der Waals surface area contributed by atoms with Crippen LogP contribution in [0.1, 0.15) is 29.7 Å². The van der Waals surface area contributed by atoms with Gasteiger partial charge in [0.25, 0.3) is 0 Å². The standard InChI is InChI=1S/C18H18O3/c1-13-8-10-17(16(12-13)9-11-18(19)20)21-14(2)15-6-4-3-5-7-15/h3-12,14H,1-2H3,(H,19,20). The lowest BCUT2D eigenvalue weighted by Gasteiger charge is -2.17. The molecule has 0 heterocycles. The summed E-state index contributed by atoms with van der Waals surface area (Å²) in [7, 11) is 0. The Bertz CT molecular complexity index is 645. The highest BCUT2D eigenvalue weighted by molar-refractivity contribution is 5.86. The van der Waals surface area contributed by atoms with Gasteiger partial charge in [-0.1, -0.05) is 42.0 Å². The van der Waals surface area contributed by atoms with Crippen molar-refractivity contribution in [3.8, 4) is 5.75 Å². The molecule has 0 aromatic heterocycles. The molecule has 2 aromatic rings. The molecule has 3 heteroatoms. The molecule has 1 atom stereocenters. The minimum Gasteiger partial charge on any atom is -0.485 e. The van der Waals surface area contributed by atoms with Gasteiger partial charge >= 0.3 is 5.97 Å². The third-order valence-corrected chi connectivity index (χ3v) is 3.14. The van der Waals surface area contributed by atoms with E-state index in [0.717, 1.165) is 22.8 Å². The molecule has 0 aliphatic rings. The highest BCUT2D eigenvalue weighted by Gasteiger charge is 2.09. The van der Waals surface area contributed by atoms with Crippen LogP contribution in [0, 0.1) is 6.92 Å². The topological polar surface area (TPSA) is 46.5 Å². The van der Waals surface area contributed by atoms with Crippen molar-refractivity contribution >= 4 is 12.0 Å². The smallest absolute Gasteiger partial charge is 0.328 e. The number of carbonyl (C=O) groups is 1. The van der Waals surface area contributed by atoms with E-state index >= 15 is 0 Å². The van der Waals surface area contributed by atoms with E-state index < -0.39 is 5.97 Å². The Labute approximate surface area is 124 Å². The second-order valence-corrected chi connectivity index (χ2v) is 4.88. The maximum atomic E-state index is 10.7. The van der Waals surface area contributed by atoms with Gasteiger partial charge in [0.05, 0.1) is 0 Å². The monoisotopic (exact) mass is 282 g/mol. The first kappa shape index (κ1) is 14.9. The van der Waals surface area contributed by atoms with Crippen molar-refractivity contribution in [1.29, 1.82) is 0 Å². The zero-order valence-corrected chi connectivity index (χ0v) is 12.1. The van der Waals surface area contributed by atoms with E-state index in [1.165, 1.54) is 0 Å². The molecule has 0 aliphatic carbocycles. The van der Waals surface area contributed by atoms with Crippen molar-refractivity contribution < 1.29 is 14.6 Å². The summed E-state index contributed by atoms with van der Waals surface area (Å²) in [4.78, 5) is 10.7. The van der Waals surface area contributed by atoms with E-state index in [1.807, 2.05) is 62.4 Å². The number of rotatable bonds is 5. The molecular weight excluding hydrogens is 264 g/mol. The van der Waals surface area contributed by atoms with Gasteiger partial charge in [0.15, 0.2) is 0 Å². The Morgan fingerprint density at radius 3 is 2.57 bits per heavy atom. The van der Waals surface area contributed by atoms with Crippen LogP contribution in [0.3, 0.4) is 0 Å². The Hall–Kier alpha value is -2.55. The maximum absolute atomic E-state index is 10.7. The number of benzene rings is 2. The summed E-state index contributed by atoms with van der Waals surface area (Å²) in [5.74, 6) is -0.298. The van der Waals surface area contributed by atoms with Crippen LogP contribution in [0.2, 0.25) is 0 Å². The fourth-order valence-electron chi connectivity index (χ4n) is 2.05. The molecule has 0 radical (unpaired) electrons. The molecule has 0 fully saturated rings. The molecule has 108 valence electrons. The predicted molar refractivity (Wildman–Crippen MR) is 83.3 cm³/mol. The van der Waals surface area contributed by atoms with Crippen LogP contribution in [0.15, 0.2) is 54.6 Å². The minimum absolute atomic E-state index is 0.106. The van der Waals surface area contributed by atoms with Gasteiger partial charge in [0.1, 0.15) is 11.9 Å². The van der Waals surface area contributed by atoms with Crippen molar-refractivity contribution in [2.45, 2.75) is 20.0 Å². The van der Waals surface area contributed by atoms with Gasteiger partial charge in [0, 0.05) is 11.6 Å². The SMILES string of the molecule is Cc1ccc(OC(C)c2ccccc2)c(C=CC(=O)O)c1. The summed E-state index contributed by atoms with van der Waals surface area (Å²) in [6.45, 7) is 3.93. The van der Waals surface area contributed by atoms with E-state index in [2.05, 4.69) is 0 Å². The lowest BCUT2D eigenvalue weighted by atomic mass is 10.1. The van der Waals surface area contributed by atoms with E-state index in [-0.39, 0.29) is 6.10 Å². The Balaban J connectivity index is 2.25.